The molecule has 6 heteroatoms. The molecule has 2 fully saturated rings. The SMILES string of the molecule is CCS(=O)(=O)N1CCC(C(=O)NC(C)C2CC2)CC1. The largest absolute Gasteiger partial charge is 0.353 e. The standard InChI is InChI=1S/C13H24N2O3S/c1-3-19(17,18)15-8-6-12(7-9-15)13(16)14-10(2)11-4-5-11/h10-12H,3-9H2,1-2H3,(H,14,16). The molecule has 0 aromatic heterocycles. The highest BCUT2D eigenvalue weighted by atomic mass is 32.2. The summed E-state index contributed by atoms with van der Waals surface area (Å²) < 4.78 is 25.0. The molecule has 1 amide bonds. The first-order valence-corrected chi connectivity index (χ1v) is 8.83. The highest BCUT2D eigenvalue weighted by Crippen LogP contribution is 2.32. The van der Waals surface area contributed by atoms with Gasteiger partial charge in [0.1, 0.15) is 0 Å². The molecule has 1 aliphatic carbocycles. The number of hydrogen-bond donors (Lipinski definition) is 1. The lowest BCUT2D eigenvalue weighted by molar-refractivity contribution is -0.126. The van der Waals surface area contributed by atoms with E-state index in [1.807, 2.05) is 0 Å². The Morgan fingerprint density at radius 3 is 2.32 bits per heavy atom. The minimum absolute atomic E-state index is 0.0236. The van der Waals surface area contributed by atoms with Gasteiger partial charge >= 0.3 is 0 Å². The number of nitrogens with zero attached hydrogens (tertiary/aromatic N) is 1. The molecule has 1 atom stereocenters. The Labute approximate surface area is 115 Å². The highest BCUT2D eigenvalue weighted by Gasteiger charge is 2.33. The normalized spacial score (nSPS) is 24.1. The fraction of sp³-hybridized carbons (Fsp3) is 0.923. The van der Waals surface area contributed by atoms with Crippen molar-refractivity contribution in [2.75, 3.05) is 18.8 Å². The number of nitrogens with one attached hydrogen (secondary N) is 1. The van der Waals surface area contributed by atoms with Crippen molar-refractivity contribution >= 4 is 15.9 Å². The second-order valence-corrected chi connectivity index (χ2v) is 7.97. The van der Waals surface area contributed by atoms with Crippen LogP contribution in [0.2, 0.25) is 0 Å². The number of sulfonamides is 1. The Balaban J connectivity index is 1.80. The fourth-order valence-corrected chi connectivity index (χ4v) is 3.77. The van der Waals surface area contributed by atoms with Gasteiger partial charge in [-0.3, -0.25) is 4.79 Å². The monoisotopic (exact) mass is 288 g/mol. The van der Waals surface area contributed by atoms with E-state index >= 15 is 0 Å². The van der Waals surface area contributed by atoms with Gasteiger partial charge in [0.2, 0.25) is 15.9 Å². The average Bonchev–Trinajstić information content (AvgIpc) is 3.23. The summed E-state index contributed by atoms with van der Waals surface area (Å²) in [4.78, 5) is 12.1. The zero-order valence-corrected chi connectivity index (χ0v) is 12.6. The quantitative estimate of drug-likeness (QED) is 0.819. The zero-order chi connectivity index (χ0) is 14.0. The predicted octanol–water partition coefficient (Wildman–Crippen LogP) is 0.963. The van der Waals surface area contributed by atoms with E-state index in [4.69, 9.17) is 0 Å². The van der Waals surface area contributed by atoms with Gasteiger partial charge in [-0.05, 0) is 45.4 Å². The van der Waals surface area contributed by atoms with Crippen LogP contribution in [0.4, 0.5) is 0 Å². The highest BCUT2D eigenvalue weighted by molar-refractivity contribution is 7.89. The topological polar surface area (TPSA) is 66.5 Å². The lowest BCUT2D eigenvalue weighted by Crippen LogP contribution is -2.45. The lowest BCUT2D eigenvalue weighted by Gasteiger charge is -2.30. The van der Waals surface area contributed by atoms with Crippen molar-refractivity contribution < 1.29 is 13.2 Å². The van der Waals surface area contributed by atoms with Crippen molar-refractivity contribution in [2.24, 2.45) is 11.8 Å². The molecule has 19 heavy (non-hydrogen) atoms. The first-order chi connectivity index (χ1) is 8.94. The fourth-order valence-electron chi connectivity index (χ4n) is 2.64. The number of carbonyl (C=O) groups excluding carboxylic acids is 1. The van der Waals surface area contributed by atoms with Gasteiger partial charge in [-0.1, -0.05) is 0 Å². The van der Waals surface area contributed by atoms with E-state index in [0.717, 1.165) is 0 Å². The van der Waals surface area contributed by atoms with Crippen LogP contribution in [-0.4, -0.2) is 43.5 Å². The predicted molar refractivity (Wildman–Crippen MR) is 74.1 cm³/mol. The van der Waals surface area contributed by atoms with Crippen LogP contribution >= 0.6 is 0 Å². The third kappa shape index (κ3) is 3.69. The van der Waals surface area contributed by atoms with Crippen molar-refractivity contribution in [1.82, 2.24) is 9.62 Å². The number of hydrogen-bond acceptors (Lipinski definition) is 3. The van der Waals surface area contributed by atoms with Crippen LogP contribution in [-0.2, 0) is 14.8 Å². The number of carbonyl (C=O) groups is 1. The average molecular weight is 288 g/mol. The molecule has 110 valence electrons. The molecule has 1 unspecified atom stereocenters. The second kappa shape index (κ2) is 5.79. The van der Waals surface area contributed by atoms with E-state index in [9.17, 15) is 13.2 Å². The van der Waals surface area contributed by atoms with Crippen LogP contribution in [0.25, 0.3) is 0 Å². The molecule has 1 aliphatic heterocycles. The summed E-state index contributed by atoms with van der Waals surface area (Å²) in [5.41, 5.74) is 0. The Kier molecular flexibility index (Phi) is 4.50. The molecule has 1 N–H and O–H groups in total. The van der Waals surface area contributed by atoms with Gasteiger partial charge in [0, 0.05) is 25.0 Å². The first kappa shape index (κ1) is 14.8. The van der Waals surface area contributed by atoms with Crippen molar-refractivity contribution in [2.45, 2.75) is 45.6 Å². The van der Waals surface area contributed by atoms with Crippen molar-refractivity contribution in [3.05, 3.63) is 0 Å². The van der Waals surface area contributed by atoms with Crippen molar-refractivity contribution in [3.8, 4) is 0 Å². The number of piperidine rings is 1. The summed E-state index contributed by atoms with van der Waals surface area (Å²) in [5, 5.41) is 3.07. The summed E-state index contributed by atoms with van der Waals surface area (Å²) >= 11 is 0. The summed E-state index contributed by atoms with van der Waals surface area (Å²) in [6.45, 7) is 4.68. The first-order valence-electron chi connectivity index (χ1n) is 7.22. The van der Waals surface area contributed by atoms with E-state index in [1.54, 1.807) is 6.92 Å². The maximum absolute atomic E-state index is 12.1. The van der Waals surface area contributed by atoms with Gasteiger partial charge < -0.3 is 5.32 Å². The Morgan fingerprint density at radius 2 is 1.84 bits per heavy atom. The summed E-state index contributed by atoms with van der Waals surface area (Å²) in [6.07, 6.45) is 3.72. The molecule has 1 saturated carbocycles. The van der Waals surface area contributed by atoms with Crippen LogP contribution in [0.5, 0.6) is 0 Å². The third-order valence-electron chi connectivity index (χ3n) is 4.28. The smallest absolute Gasteiger partial charge is 0.223 e. The molecule has 0 radical (unpaired) electrons. The molecule has 0 spiro atoms. The Bertz CT molecular complexity index is 423. The van der Waals surface area contributed by atoms with Crippen LogP contribution in [0.15, 0.2) is 0 Å². The molecule has 2 aliphatic rings. The van der Waals surface area contributed by atoms with Crippen molar-refractivity contribution in [3.63, 3.8) is 0 Å². The maximum atomic E-state index is 12.1. The molecule has 0 bridgehead atoms. The van der Waals surface area contributed by atoms with Crippen LogP contribution in [0.3, 0.4) is 0 Å². The summed E-state index contributed by atoms with van der Waals surface area (Å²) in [7, 11) is -3.10. The third-order valence-corrected chi connectivity index (χ3v) is 6.16. The lowest BCUT2D eigenvalue weighted by atomic mass is 9.96. The number of rotatable bonds is 5. The summed E-state index contributed by atoms with van der Waals surface area (Å²) in [6, 6.07) is 0.268. The van der Waals surface area contributed by atoms with E-state index < -0.39 is 10.0 Å². The molecule has 1 saturated heterocycles. The van der Waals surface area contributed by atoms with Crippen LogP contribution < -0.4 is 5.32 Å². The zero-order valence-electron chi connectivity index (χ0n) is 11.8. The van der Waals surface area contributed by atoms with E-state index in [-0.39, 0.29) is 23.6 Å². The minimum atomic E-state index is -3.10. The van der Waals surface area contributed by atoms with Gasteiger partial charge in [-0.25, -0.2) is 12.7 Å². The molecular weight excluding hydrogens is 264 g/mol. The van der Waals surface area contributed by atoms with Gasteiger partial charge in [0.05, 0.1) is 5.75 Å². The molecule has 0 aromatic rings. The Morgan fingerprint density at radius 1 is 1.26 bits per heavy atom. The molecule has 1 heterocycles. The van der Waals surface area contributed by atoms with Crippen molar-refractivity contribution in [1.29, 1.82) is 0 Å². The molecule has 0 aromatic carbocycles. The second-order valence-electron chi connectivity index (χ2n) is 5.71. The summed E-state index contributed by atoms with van der Waals surface area (Å²) in [5.74, 6) is 0.879. The van der Waals surface area contributed by atoms with E-state index in [1.165, 1.54) is 17.1 Å². The van der Waals surface area contributed by atoms with Gasteiger partial charge in [0.25, 0.3) is 0 Å². The molecular formula is C13H24N2O3S. The van der Waals surface area contributed by atoms with Gasteiger partial charge in [-0.15, -0.1) is 0 Å². The van der Waals surface area contributed by atoms with E-state index in [0.29, 0.717) is 31.8 Å². The van der Waals surface area contributed by atoms with Gasteiger partial charge in [0.15, 0.2) is 0 Å². The number of amides is 1. The molecule has 5 nitrogen and oxygen atoms in total. The maximum Gasteiger partial charge on any atom is 0.223 e. The van der Waals surface area contributed by atoms with E-state index in [2.05, 4.69) is 12.2 Å². The molecule has 2 rings (SSSR count). The van der Waals surface area contributed by atoms with Crippen LogP contribution in [0, 0.1) is 11.8 Å². The van der Waals surface area contributed by atoms with Gasteiger partial charge in [-0.2, -0.15) is 0 Å². The van der Waals surface area contributed by atoms with Crippen LogP contribution in [0.1, 0.15) is 39.5 Å². The Hall–Kier alpha value is -0.620. The minimum Gasteiger partial charge on any atom is -0.353 e.